The molecule has 0 atom stereocenters. The Morgan fingerprint density at radius 1 is 1.05 bits per heavy atom. The summed E-state index contributed by atoms with van der Waals surface area (Å²) in [6, 6.07) is 16.8. The van der Waals surface area contributed by atoms with Crippen LogP contribution in [0.15, 0.2) is 54.6 Å². The van der Waals surface area contributed by atoms with E-state index in [1.54, 1.807) is 16.8 Å². The highest BCUT2D eigenvalue weighted by molar-refractivity contribution is 5.97. The summed E-state index contributed by atoms with van der Waals surface area (Å²) >= 11 is 0. The SMILES string of the molecule is CCOc1ccccc1NC(=O)N(CC(=O)Nc1cc(C(C)(C)C)nn1-c1ccc(C)cc1)CC(C)C. The minimum Gasteiger partial charge on any atom is -0.492 e. The van der Waals surface area contributed by atoms with E-state index in [1.165, 1.54) is 4.90 Å². The van der Waals surface area contributed by atoms with Crippen molar-refractivity contribution in [3.63, 3.8) is 0 Å². The van der Waals surface area contributed by atoms with Gasteiger partial charge in [-0.25, -0.2) is 9.48 Å². The van der Waals surface area contributed by atoms with Crippen molar-refractivity contribution in [2.75, 3.05) is 30.3 Å². The predicted molar refractivity (Wildman–Crippen MR) is 149 cm³/mol. The standard InChI is InChI=1S/C29H39N5O3/c1-8-37-24-12-10-9-11-23(24)30-28(36)33(18-20(2)3)19-27(35)31-26-17-25(29(5,6)7)32-34(26)22-15-13-21(4)14-16-22/h9-17,20H,8,18-19H2,1-7H3,(H,30,36)(H,31,35). The molecule has 2 N–H and O–H groups in total. The number of rotatable bonds is 9. The summed E-state index contributed by atoms with van der Waals surface area (Å²) < 4.78 is 7.37. The van der Waals surface area contributed by atoms with E-state index in [0.29, 0.717) is 30.4 Å². The van der Waals surface area contributed by atoms with Crippen LogP contribution in [0.1, 0.15) is 52.8 Å². The second-order valence-electron chi connectivity index (χ2n) is 10.6. The van der Waals surface area contributed by atoms with E-state index in [1.807, 2.05) is 70.2 Å². The van der Waals surface area contributed by atoms with E-state index in [9.17, 15) is 9.59 Å². The van der Waals surface area contributed by atoms with E-state index >= 15 is 0 Å². The molecule has 0 saturated heterocycles. The van der Waals surface area contributed by atoms with Gasteiger partial charge in [-0.05, 0) is 44.0 Å². The fourth-order valence-corrected chi connectivity index (χ4v) is 3.78. The maximum Gasteiger partial charge on any atom is 0.322 e. The van der Waals surface area contributed by atoms with E-state index < -0.39 is 0 Å². The number of ether oxygens (including phenoxy) is 1. The van der Waals surface area contributed by atoms with Gasteiger partial charge in [0.15, 0.2) is 0 Å². The predicted octanol–water partition coefficient (Wildman–Crippen LogP) is 6.01. The van der Waals surface area contributed by atoms with Crippen molar-refractivity contribution in [1.29, 1.82) is 0 Å². The third-order valence-electron chi connectivity index (χ3n) is 5.66. The van der Waals surface area contributed by atoms with Crippen LogP contribution in [0.25, 0.3) is 5.69 Å². The summed E-state index contributed by atoms with van der Waals surface area (Å²) in [7, 11) is 0. The Morgan fingerprint density at radius 2 is 1.73 bits per heavy atom. The summed E-state index contributed by atoms with van der Waals surface area (Å²) in [6.07, 6.45) is 0. The molecule has 3 amide bonds. The van der Waals surface area contributed by atoms with Gasteiger partial charge >= 0.3 is 6.03 Å². The second kappa shape index (κ2) is 12.0. The van der Waals surface area contributed by atoms with Crippen molar-refractivity contribution in [3.05, 3.63) is 65.9 Å². The first kappa shape index (κ1) is 27.8. The minimum absolute atomic E-state index is 0.106. The Kier molecular flexibility index (Phi) is 8.97. The zero-order valence-corrected chi connectivity index (χ0v) is 23.0. The molecule has 0 saturated carbocycles. The van der Waals surface area contributed by atoms with Crippen LogP contribution >= 0.6 is 0 Å². The number of nitrogens with zero attached hydrogens (tertiary/aromatic N) is 3. The highest BCUT2D eigenvalue weighted by atomic mass is 16.5. The Hall–Kier alpha value is -3.81. The molecule has 198 valence electrons. The zero-order chi connectivity index (χ0) is 27.2. The Morgan fingerprint density at radius 3 is 2.35 bits per heavy atom. The van der Waals surface area contributed by atoms with Gasteiger partial charge in [-0.3, -0.25) is 4.79 Å². The fourth-order valence-electron chi connectivity index (χ4n) is 3.78. The molecule has 3 aromatic rings. The van der Waals surface area contributed by atoms with Gasteiger partial charge in [0, 0.05) is 18.0 Å². The van der Waals surface area contributed by atoms with Gasteiger partial charge in [-0.2, -0.15) is 5.10 Å². The maximum absolute atomic E-state index is 13.2. The van der Waals surface area contributed by atoms with E-state index in [0.717, 1.165) is 16.9 Å². The maximum atomic E-state index is 13.2. The van der Waals surface area contributed by atoms with E-state index in [-0.39, 0.29) is 29.8 Å². The summed E-state index contributed by atoms with van der Waals surface area (Å²) in [4.78, 5) is 28.0. The first-order valence-corrected chi connectivity index (χ1v) is 12.7. The molecule has 0 aliphatic carbocycles. The molecule has 2 aromatic carbocycles. The molecule has 8 heteroatoms. The lowest BCUT2D eigenvalue weighted by Crippen LogP contribution is -2.42. The molecular formula is C29H39N5O3. The molecule has 37 heavy (non-hydrogen) atoms. The van der Waals surface area contributed by atoms with Gasteiger partial charge in [-0.1, -0.05) is 64.4 Å². The van der Waals surface area contributed by atoms with Crippen LogP contribution in [0.2, 0.25) is 0 Å². The van der Waals surface area contributed by atoms with Crippen molar-refractivity contribution in [1.82, 2.24) is 14.7 Å². The zero-order valence-electron chi connectivity index (χ0n) is 23.0. The first-order chi connectivity index (χ1) is 17.5. The van der Waals surface area contributed by atoms with Gasteiger partial charge in [0.2, 0.25) is 5.91 Å². The number of hydrogen-bond donors (Lipinski definition) is 2. The number of aromatic nitrogens is 2. The van der Waals surface area contributed by atoms with Crippen LogP contribution < -0.4 is 15.4 Å². The number of aryl methyl sites for hydroxylation is 1. The normalized spacial score (nSPS) is 11.4. The number of anilines is 2. The number of para-hydroxylation sites is 2. The molecular weight excluding hydrogens is 466 g/mol. The minimum atomic E-state index is -0.363. The molecule has 0 bridgehead atoms. The van der Waals surface area contributed by atoms with Gasteiger partial charge < -0.3 is 20.3 Å². The van der Waals surface area contributed by atoms with Gasteiger partial charge in [0.25, 0.3) is 0 Å². The third-order valence-corrected chi connectivity index (χ3v) is 5.66. The van der Waals surface area contributed by atoms with Gasteiger partial charge in [0.1, 0.15) is 18.1 Å². The van der Waals surface area contributed by atoms with Crippen molar-refractivity contribution in [2.24, 2.45) is 5.92 Å². The van der Waals surface area contributed by atoms with Gasteiger partial charge in [-0.15, -0.1) is 0 Å². The molecule has 8 nitrogen and oxygen atoms in total. The van der Waals surface area contributed by atoms with E-state index in [4.69, 9.17) is 9.84 Å². The highest BCUT2D eigenvalue weighted by Gasteiger charge is 2.24. The lowest BCUT2D eigenvalue weighted by Gasteiger charge is -2.25. The Bertz CT molecular complexity index is 1210. The largest absolute Gasteiger partial charge is 0.492 e. The summed E-state index contributed by atoms with van der Waals surface area (Å²) in [6.45, 7) is 15.0. The topological polar surface area (TPSA) is 88.5 Å². The molecule has 0 fully saturated rings. The number of urea groups is 1. The number of carbonyl (C=O) groups is 2. The molecule has 1 aromatic heterocycles. The quantitative estimate of drug-likeness (QED) is 0.373. The average Bonchev–Trinajstić information content (AvgIpc) is 3.24. The first-order valence-electron chi connectivity index (χ1n) is 12.7. The monoisotopic (exact) mass is 505 g/mol. The summed E-state index contributed by atoms with van der Waals surface area (Å²) in [5.41, 5.74) is 3.20. The van der Waals surface area contributed by atoms with Crippen LogP contribution in [0.4, 0.5) is 16.3 Å². The van der Waals surface area contributed by atoms with Crippen LogP contribution in [0.3, 0.4) is 0 Å². The van der Waals surface area contributed by atoms with Crippen LogP contribution in [-0.4, -0.2) is 46.3 Å². The van der Waals surface area contributed by atoms with Crippen LogP contribution in [-0.2, 0) is 10.2 Å². The molecule has 3 rings (SSSR count). The highest BCUT2D eigenvalue weighted by Crippen LogP contribution is 2.27. The van der Waals surface area contributed by atoms with Crippen LogP contribution in [0.5, 0.6) is 5.75 Å². The van der Waals surface area contributed by atoms with Crippen LogP contribution in [0, 0.1) is 12.8 Å². The molecule has 0 aliphatic rings. The lowest BCUT2D eigenvalue weighted by molar-refractivity contribution is -0.116. The molecule has 0 spiro atoms. The fraction of sp³-hybridized carbons (Fsp3) is 0.414. The van der Waals surface area contributed by atoms with Crippen molar-refractivity contribution in [2.45, 2.75) is 53.9 Å². The molecule has 0 radical (unpaired) electrons. The number of carbonyl (C=O) groups excluding carboxylic acids is 2. The smallest absolute Gasteiger partial charge is 0.322 e. The second-order valence-corrected chi connectivity index (χ2v) is 10.6. The Balaban J connectivity index is 1.82. The number of amides is 3. The summed E-state index contributed by atoms with van der Waals surface area (Å²) in [5.74, 6) is 1.02. The average molecular weight is 506 g/mol. The number of benzene rings is 2. The number of hydrogen-bond acceptors (Lipinski definition) is 4. The van der Waals surface area contributed by atoms with Gasteiger partial charge in [0.05, 0.1) is 23.7 Å². The Labute approximate surface area is 220 Å². The lowest BCUT2D eigenvalue weighted by atomic mass is 9.92. The molecule has 0 aliphatic heterocycles. The molecule has 1 heterocycles. The van der Waals surface area contributed by atoms with Crippen molar-refractivity contribution >= 4 is 23.4 Å². The molecule has 0 unspecified atom stereocenters. The number of nitrogens with one attached hydrogen (secondary N) is 2. The van der Waals surface area contributed by atoms with E-state index in [2.05, 4.69) is 31.4 Å². The van der Waals surface area contributed by atoms with Crippen molar-refractivity contribution < 1.29 is 14.3 Å². The summed E-state index contributed by atoms with van der Waals surface area (Å²) in [5, 5.41) is 10.7. The third kappa shape index (κ3) is 7.59. The van der Waals surface area contributed by atoms with Crippen molar-refractivity contribution in [3.8, 4) is 11.4 Å².